The van der Waals surface area contributed by atoms with Crippen molar-refractivity contribution in [3.63, 3.8) is 0 Å². The van der Waals surface area contributed by atoms with Crippen LogP contribution in [-0.4, -0.2) is 13.3 Å². The summed E-state index contributed by atoms with van der Waals surface area (Å²) >= 11 is 3.47. The molecule has 0 aliphatic heterocycles. The van der Waals surface area contributed by atoms with E-state index in [0.717, 1.165) is 6.42 Å². The molecule has 0 aliphatic rings. The van der Waals surface area contributed by atoms with Gasteiger partial charge in [-0.05, 0) is 0 Å². The van der Waals surface area contributed by atoms with Crippen LogP contribution in [0.5, 0.6) is 0 Å². The molecular weight excluding hydrogens is 195 g/mol. The second-order valence-corrected chi connectivity index (χ2v) is 3.85. The van der Waals surface area contributed by atoms with E-state index in [1.165, 1.54) is 12.8 Å². The molecular formula is C5H13NaO3S2. The minimum absolute atomic E-state index is 0. The smallest absolute Gasteiger partial charge is 0.343 e. The van der Waals surface area contributed by atoms with Crippen LogP contribution in [0.15, 0.2) is 0 Å². The average molecular weight is 208 g/mol. The van der Waals surface area contributed by atoms with Gasteiger partial charge in [0.25, 0.3) is 9.05 Å². The number of rotatable bonds is 2. The van der Waals surface area contributed by atoms with Crippen LogP contribution in [0.3, 0.4) is 0 Å². The molecule has 0 heterocycles. The fraction of sp³-hybridized carbons (Fsp3) is 0.800. The maximum atomic E-state index is 9.11. The van der Waals surface area contributed by atoms with Gasteiger partial charge in [-0.3, -0.25) is 9.11 Å². The number of hydrogen-bond acceptors (Lipinski definition) is 2. The molecule has 0 aromatic rings. The largest absolute Gasteiger partial charge is 1.00 e. The van der Waals surface area contributed by atoms with Gasteiger partial charge >= 0.3 is 29.6 Å². The summed E-state index contributed by atoms with van der Waals surface area (Å²) in [4.78, 5) is 0. The van der Waals surface area contributed by atoms with Crippen molar-refractivity contribution < 1.29 is 42.9 Å². The summed E-state index contributed by atoms with van der Waals surface area (Å²) in [6.07, 6.45) is 3.65. The van der Waals surface area contributed by atoms with Crippen molar-refractivity contribution >= 4 is 20.2 Å². The SMILES string of the molecule is O=S(O)(O)=S.[CH2-]CCCC.[Na+]. The van der Waals surface area contributed by atoms with Crippen molar-refractivity contribution in [2.24, 2.45) is 0 Å². The van der Waals surface area contributed by atoms with Crippen molar-refractivity contribution in [2.45, 2.75) is 26.2 Å². The summed E-state index contributed by atoms with van der Waals surface area (Å²) < 4.78 is 24.0. The van der Waals surface area contributed by atoms with Gasteiger partial charge < -0.3 is 6.92 Å². The molecule has 2 N–H and O–H groups in total. The Hall–Kier alpha value is 1.29. The van der Waals surface area contributed by atoms with Gasteiger partial charge in [-0.25, -0.2) is 0 Å². The van der Waals surface area contributed by atoms with Crippen LogP contribution in [0.25, 0.3) is 0 Å². The molecule has 0 atom stereocenters. The Morgan fingerprint density at radius 3 is 1.82 bits per heavy atom. The first-order valence-electron chi connectivity index (χ1n) is 2.91. The second-order valence-electron chi connectivity index (χ2n) is 1.65. The van der Waals surface area contributed by atoms with Crippen LogP contribution in [0.1, 0.15) is 26.2 Å². The van der Waals surface area contributed by atoms with Gasteiger partial charge in [0.2, 0.25) is 0 Å². The maximum Gasteiger partial charge on any atom is 1.00 e. The molecule has 3 nitrogen and oxygen atoms in total. The van der Waals surface area contributed by atoms with Crippen molar-refractivity contribution in [3.05, 3.63) is 6.92 Å². The van der Waals surface area contributed by atoms with Gasteiger partial charge in [0.15, 0.2) is 0 Å². The Morgan fingerprint density at radius 2 is 1.82 bits per heavy atom. The van der Waals surface area contributed by atoms with Crippen molar-refractivity contribution in [1.82, 2.24) is 0 Å². The van der Waals surface area contributed by atoms with E-state index in [2.05, 4.69) is 25.0 Å². The standard InChI is InChI=1S/C5H11.Na.H2O3S2/c1-3-5-4-2;;1-5(2,3)4/h1,3-5H2,2H3;;(H2,1,2,3,4)/q-1;+1;. The van der Waals surface area contributed by atoms with Gasteiger partial charge in [-0.15, -0.1) is 0 Å². The predicted octanol–water partition coefficient (Wildman–Crippen LogP) is -1.31. The molecule has 64 valence electrons. The molecule has 0 radical (unpaired) electrons. The van der Waals surface area contributed by atoms with E-state index >= 15 is 0 Å². The fourth-order valence-electron chi connectivity index (χ4n) is 0.250. The summed E-state index contributed by atoms with van der Waals surface area (Å²) in [7, 11) is -3.83. The summed E-state index contributed by atoms with van der Waals surface area (Å²) in [6, 6.07) is 0. The van der Waals surface area contributed by atoms with E-state index in [9.17, 15) is 0 Å². The van der Waals surface area contributed by atoms with Crippen LogP contribution in [0.2, 0.25) is 0 Å². The van der Waals surface area contributed by atoms with E-state index in [1.54, 1.807) is 0 Å². The maximum absolute atomic E-state index is 9.11. The third kappa shape index (κ3) is 90.0. The van der Waals surface area contributed by atoms with Crippen molar-refractivity contribution in [3.8, 4) is 0 Å². The summed E-state index contributed by atoms with van der Waals surface area (Å²) in [5.74, 6) is 0. The van der Waals surface area contributed by atoms with Gasteiger partial charge in [0.1, 0.15) is 0 Å². The molecule has 6 heteroatoms. The first-order valence-corrected chi connectivity index (χ1v) is 5.30. The molecule has 0 unspecified atom stereocenters. The van der Waals surface area contributed by atoms with Crippen LogP contribution < -0.4 is 29.6 Å². The topological polar surface area (TPSA) is 57.5 Å². The van der Waals surface area contributed by atoms with Gasteiger partial charge in [-0.1, -0.05) is 19.8 Å². The third-order valence-electron chi connectivity index (χ3n) is 0.604. The first kappa shape index (κ1) is 18.2. The molecule has 0 spiro atoms. The molecule has 0 aliphatic carbocycles. The number of unbranched alkanes of at least 4 members (excludes halogenated alkanes) is 2. The van der Waals surface area contributed by atoms with Gasteiger partial charge in [0.05, 0.1) is 0 Å². The molecule has 0 saturated heterocycles. The Labute approximate surface area is 95.6 Å². The zero-order chi connectivity index (χ0) is 8.62. The molecule has 0 saturated carbocycles. The summed E-state index contributed by atoms with van der Waals surface area (Å²) in [6.45, 7) is 5.85. The van der Waals surface area contributed by atoms with E-state index in [0.29, 0.717) is 0 Å². The molecule has 0 bridgehead atoms. The van der Waals surface area contributed by atoms with Crippen LogP contribution >= 0.6 is 0 Å². The first-order chi connectivity index (χ1) is 4.41. The Balaban J connectivity index is -0.000000107. The van der Waals surface area contributed by atoms with E-state index in [4.69, 9.17) is 13.3 Å². The molecule has 0 aromatic carbocycles. The monoisotopic (exact) mass is 208 g/mol. The van der Waals surface area contributed by atoms with Gasteiger partial charge in [-0.2, -0.15) is 10.6 Å². The van der Waals surface area contributed by atoms with E-state index in [1.807, 2.05) is 0 Å². The van der Waals surface area contributed by atoms with Crippen LogP contribution in [0.4, 0.5) is 0 Å². The molecule has 0 amide bonds. The third-order valence-corrected chi connectivity index (χ3v) is 0.604. The molecule has 0 fully saturated rings. The molecule has 11 heavy (non-hydrogen) atoms. The average Bonchev–Trinajstić information content (AvgIpc) is 1.63. The second kappa shape index (κ2) is 11.3. The minimum Gasteiger partial charge on any atom is -0.343 e. The zero-order valence-electron chi connectivity index (χ0n) is 6.95. The van der Waals surface area contributed by atoms with E-state index in [-0.39, 0.29) is 29.6 Å². The quantitative estimate of drug-likeness (QED) is 0.437. The predicted molar refractivity (Wildman–Crippen MR) is 45.6 cm³/mol. The minimum atomic E-state index is -3.83. The zero-order valence-corrected chi connectivity index (χ0v) is 10.6. The fourth-order valence-corrected chi connectivity index (χ4v) is 0.250. The Bertz CT molecular complexity index is 134. The Morgan fingerprint density at radius 1 is 1.55 bits per heavy atom. The van der Waals surface area contributed by atoms with E-state index < -0.39 is 9.05 Å². The van der Waals surface area contributed by atoms with Crippen LogP contribution in [0, 0.1) is 6.92 Å². The normalized spacial score (nSPS) is 9.09. The Kier molecular flexibility index (Phi) is 18.6. The van der Waals surface area contributed by atoms with Gasteiger partial charge in [0, 0.05) is 11.2 Å². The summed E-state index contributed by atoms with van der Waals surface area (Å²) in [5, 5.41) is 0. The van der Waals surface area contributed by atoms with Crippen LogP contribution in [-0.2, 0) is 20.2 Å². The van der Waals surface area contributed by atoms with Crippen molar-refractivity contribution in [1.29, 1.82) is 0 Å². The molecule has 0 rings (SSSR count). The summed E-state index contributed by atoms with van der Waals surface area (Å²) in [5.41, 5.74) is 0. The van der Waals surface area contributed by atoms with Crippen molar-refractivity contribution in [2.75, 3.05) is 0 Å². The molecule has 0 aromatic heterocycles. The number of hydrogen-bond donors (Lipinski definition) is 2.